The van der Waals surface area contributed by atoms with Crippen molar-refractivity contribution in [2.45, 2.75) is 20.0 Å². The molecule has 2 N–H and O–H groups in total. The highest BCUT2D eigenvalue weighted by Gasteiger charge is 2.31. The summed E-state index contributed by atoms with van der Waals surface area (Å²) in [6.07, 6.45) is -0.377. The van der Waals surface area contributed by atoms with Crippen LogP contribution >= 0.6 is 0 Å². The van der Waals surface area contributed by atoms with Crippen molar-refractivity contribution in [3.05, 3.63) is 83.4 Å². The molecule has 0 spiro atoms. The molecule has 1 atom stereocenters. The van der Waals surface area contributed by atoms with E-state index in [0.29, 0.717) is 17.9 Å². The second-order valence-corrected chi connectivity index (χ2v) is 9.02. The number of likely N-dealkylation sites (tertiary alicyclic amines) is 1. The molecule has 1 unspecified atom stereocenters. The Morgan fingerprint density at radius 2 is 1.76 bits per heavy atom. The molecule has 0 aliphatic carbocycles. The van der Waals surface area contributed by atoms with Gasteiger partial charge < -0.3 is 19.7 Å². The molecule has 0 radical (unpaired) electrons. The van der Waals surface area contributed by atoms with Gasteiger partial charge in [-0.05, 0) is 65.9 Å². The predicted octanol–water partition coefficient (Wildman–Crippen LogP) is 5.49. The van der Waals surface area contributed by atoms with Gasteiger partial charge in [-0.1, -0.05) is 37.3 Å². The summed E-state index contributed by atoms with van der Waals surface area (Å²) >= 11 is 0. The molecule has 5 nitrogen and oxygen atoms in total. The number of nitrogens with zero attached hydrogens (tertiary/aromatic N) is 1. The Bertz CT molecular complexity index is 1180. The Morgan fingerprint density at radius 3 is 2.48 bits per heavy atom. The van der Waals surface area contributed by atoms with Crippen LogP contribution in [0.3, 0.4) is 0 Å². The minimum absolute atomic E-state index is 0.182. The highest BCUT2D eigenvalue weighted by atomic mass is 16.5. The number of benzene rings is 3. The number of aromatic hydroxyl groups is 2. The lowest BCUT2D eigenvalue weighted by Gasteiger charge is -2.36. The SMILES string of the molecule is CC1=C(c2cccc(O)c2)C(c2ccc(OCCN3CC(C)C3)cc2)Oc2cccc(O)c21. The summed E-state index contributed by atoms with van der Waals surface area (Å²) < 4.78 is 12.4. The van der Waals surface area contributed by atoms with Gasteiger partial charge >= 0.3 is 0 Å². The molecule has 0 aromatic heterocycles. The van der Waals surface area contributed by atoms with Crippen LogP contribution in [0.2, 0.25) is 0 Å². The first-order valence-electron chi connectivity index (χ1n) is 11.4. The summed E-state index contributed by atoms with van der Waals surface area (Å²) in [6, 6.07) is 20.5. The van der Waals surface area contributed by atoms with E-state index in [2.05, 4.69) is 11.8 Å². The molecule has 0 bridgehead atoms. The molecule has 1 fully saturated rings. The Hall–Kier alpha value is -3.44. The zero-order valence-electron chi connectivity index (χ0n) is 19.0. The number of phenolic OH excluding ortho intramolecular Hbond substituents is 2. The third kappa shape index (κ3) is 4.29. The molecule has 1 saturated heterocycles. The molecular weight excluding hydrogens is 414 g/mol. The number of rotatable bonds is 6. The van der Waals surface area contributed by atoms with Gasteiger partial charge in [-0.2, -0.15) is 0 Å². The minimum atomic E-state index is -0.377. The van der Waals surface area contributed by atoms with Crippen LogP contribution in [-0.2, 0) is 0 Å². The summed E-state index contributed by atoms with van der Waals surface area (Å²) in [4.78, 5) is 2.40. The minimum Gasteiger partial charge on any atom is -0.508 e. The first-order valence-corrected chi connectivity index (χ1v) is 11.4. The van der Waals surface area contributed by atoms with Gasteiger partial charge in [0.15, 0.2) is 0 Å². The summed E-state index contributed by atoms with van der Waals surface area (Å²) in [6.45, 7) is 8.18. The topological polar surface area (TPSA) is 62.2 Å². The Kier molecular flexibility index (Phi) is 5.73. The Balaban J connectivity index is 1.43. The van der Waals surface area contributed by atoms with Crippen LogP contribution in [-0.4, -0.2) is 41.4 Å². The van der Waals surface area contributed by atoms with Crippen LogP contribution in [0.25, 0.3) is 11.1 Å². The first-order chi connectivity index (χ1) is 16.0. The normalized spacial score (nSPS) is 18.4. The zero-order valence-corrected chi connectivity index (χ0v) is 19.0. The number of ether oxygens (including phenoxy) is 2. The van der Waals surface area contributed by atoms with E-state index < -0.39 is 0 Å². The van der Waals surface area contributed by atoms with Crippen LogP contribution in [0.5, 0.6) is 23.0 Å². The number of allylic oxidation sites excluding steroid dienone is 1. The van der Waals surface area contributed by atoms with Crippen LogP contribution in [0.4, 0.5) is 0 Å². The Labute approximate surface area is 194 Å². The van der Waals surface area contributed by atoms with E-state index in [1.807, 2.05) is 49.4 Å². The molecule has 2 heterocycles. The van der Waals surface area contributed by atoms with E-state index in [1.54, 1.807) is 24.3 Å². The summed E-state index contributed by atoms with van der Waals surface area (Å²) in [5.74, 6) is 2.65. The van der Waals surface area contributed by atoms with E-state index in [4.69, 9.17) is 9.47 Å². The number of fused-ring (bicyclic) bond motifs is 1. The lowest BCUT2D eigenvalue weighted by atomic mass is 9.86. The highest BCUT2D eigenvalue weighted by Crippen LogP contribution is 2.49. The molecule has 2 aliphatic heterocycles. The summed E-state index contributed by atoms with van der Waals surface area (Å²) in [5.41, 5.74) is 4.36. The zero-order chi connectivity index (χ0) is 22.9. The molecule has 5 rings (SSSR count). The first kappa shape index (κ1) is 21.4. The molecule has 2 aliphatic rings. The van der Waals surface area contributed by atoms with Crippen molar-refractivity contribution in [3.63, 3.8) is 0 Å². The average Bonchev–Trinajstić information content (AvgIpc) is 2.78. The standard InChI is InChI=1S/C28H29NO4/c1-18-16-29(17-18)13-14-32-23-11-9-20(10-12-23)28-26(21-5-3-6-22(30)15-21)19(2)27-24(31)7-4-8-25(27)33-28/h3-12,15,18,28,30-31H,13-14,16-17H2,1-2H3. The number of phenols is 2. The van der Waals surface area contributed by atoms with Crippen molar-refractivity contribution < 1.29 is 19.7 Å². The van der Waals surface area contributed by atoms with Crippen LogP contribution in [0.15, 0.2) is 66.7 Å². The van der Waals surface area contributed by atoms with Crippen LogP contribution < -0.4 is 9.47 Å². The van der Waals surface area contributed by atoms with Gasteiger partial charge in [0.1, 0.15) is 35.7 Å². The van der Waals surface area contributed by atoms with E-state index in [9.17, 15) is 10.2 Å². The highest BCUT2D eigenvalue weighted by molar-refractivity contribution is 5.97. The fourth-order valence-electron chi connectivity index (χ4n) is 4.83. The summed E-state index contributed by atoms with van der Waals surface area (Å²) in [5, 5.41) is 20.6. The molecule has 5 heteroatoms. The predicted molar refractivity (Wildman–Crippen MR) is 130 cm³/mol. The van der Waals surface area contributed by atoms with Crippen LogP contribution in [0.1, 0.15) is 36.6 Å². The fraction of sp³-hybridized carbons (Fsp3) is 0.286. The van der Waals surface area contributed by atoms with Crippen molar-refractivity contribution in [1.82, 2.24) is 4.90 Å². The molecule has 170 valence electrons. The average molecular weight is 444 g/mol. The van der Waals surface area contributed by atoms with Gasteiger partial charge in [0.2, 0.25) is 0 Å². The maximum atomic E-state index is 10.5. The van der Waals surface area contributed by atoms with Crippen molar-refractivity contribution in [1.29, 1.82) is 0 Å². The van der Waals surface area contributed by atoms with Crippen LogP contribution in [0, 0.1) is 5.92 Å². The molecule has 3 aromatic carbocycles. The van der Waals surface area contributed by atoms with E-state index >= 15 is 0 Å². The van der Waals surface area contributed by atoms with Gasteiger partial charge in [-0.3, -0.25) is 4.90 Å². The second kappa shape index (κ2) is 8.83. The molecule has 3 aromatic rings. The maximum Gasteiger partial charge on any atom is 0.150 e. The second-order valence-electron chi connectivity index (χ2n) is 9.02. The van der Waals surface area contributed by atoms with E-state index in [-0.39, 0.29) is 17.6 Å². The molecule has 0 saturated carbocycles. The maximum absolute atomic E-state index is 10.5. The molecule has 33 heavy (non-hydrogen) atoms. The van der Waals surface area contributed by atoms with Crippen molar-refractivity contribution in [2.75, 3.05) is 26.2 Å². The van der Waals surface area contributed by atoms with Gasteiger partial charge in [0.25, 0.3) is 0 Å². The van der Waals surface area contributed by atoms with Crippen molar-refractivity contribution >= 4 is 11.1 Å². The van der Waals surface area contributed by atoms with E-state index in [1.165, 1.54) is 0 Å². The van der Waals surface area contributed by atoms with Gasteiger partial charge in [-0.15, -0.1) is 0 Å². The third-order valence-corrected chi connectivity index (χ3v) is 6.45. The van der Waals surface area contributed by atoms with Crippen molar-refractivity contribution in [3.8, 4) is 23.0 Å². The lowest BCUT2D eigenvalue weighted by molar-refractivity contribution is 0.0932. The smallest absolute Gasteiger partial charge is 0.150 e. The van der Waals surface area contributed by atoms with Crippen molar-refractivity contribution in [2.24, 2.45) is 5.92 Å². The molecule has 0 amide bonds. The number of hydrogen-bond donors (Lipinski definition) is 2. The molecular formula is C28H29NO4. The van der Waals surface area contributed by atoms with E-state index in [0.717, 1.165) is 53.6 Å². The van der Waals surface area contributed by atoms with Gasteiger partial charge in [-0.25, -0.2) is 0 Å². The third-order valence-electron chi connectivity index (χ3n) is 6.45. The quantitative estimate of drug-likeness (QED) is 0.527. The van der Waals surface area contributed by atoms with Gasteiger partial charge in [0, 0.05) is 25.2 Å². The lowest BCUT2D eigenvalue weighted by Crippen LogP contribution is -2.46. The monoisotopic (exact) mass is 443 g/mol. The number of hydrogen-bond acceptors (Lipinski definition) is 5. The Morgan fingerprint density at radius 1 is 1.00 bits per heavy atom. The summed E-state index contributed by atoms with van der Waals surface area (Å²) in [7, 11) is 0. The fourth-order valence-corrected chi connectivity index (χ4v) is 4.83. The van der Waals surface area contributed by atoms with Gasteiger partial charge in [0.05, 0.1) is 5.56 Å². The largest absolute Gasteiger partial charge is 0.508 e.